The van der Waals surface area contributed by atoms with Gasteiger partial charge >= 0.3 is 0 Å². The predicted octanol–water partition coefficient (Wildman–Crippen LogP) is 1.06. The Hall–Kier alpha value is -2.55. The second-order valence-electron chi connectivity index (χ2n) is 3.37. The quantitative estimate of drug-likeness (QED) is 0.841. The first kappa shape index (κ1) is 11.0. The van der Waals surface area contributed by atoms with Gasteiger partial charge in [0.25, 0.3) is 0 Å². The molecule has 84 valence electrons. The minimum absolute atomic E-state index is 0.271. The molecule has 0 aliphatic heterocycles. The maximum Gasteiger partial charge on any atom is 0.182 e. The van der Waals surface area contributed by atoms with E-state index in [1.807, 2.05) is 13.0 Å². The average Bonchev–Trinajstić information content (AvgIpc) is 2.38. The van der Waals surface area contributed by atoms with Gasteiger partial charge in [-0.3, -0.25) is 9.97 Å². The van der Waals surface area contributed by atoms with Crippen molar-refractivity contribution in [2.24, 2.45) is 0 Å². The number of rotatable bonds is 3. The number of aromatic nitrogens is 4. The van der Waals surface area contributed by atoms with Crippen molar-refractivity contribution in [3.8, 4) is 6.07 Å². The van der Waals surface area contributed by atoms with E-state index >= 15 is 0 Å². The Bertz CT molecular complexity index is 543. The van der Waals surface area contributed by atoms with Crippen LogP contribution in [0.1, 0.15) is 17.1 Å². The highest BCUT2D eigenvalue weighted by molar-refractivity contribution is 5.46. The van der Waals surface area contributed by atoms with Gasteiger partial charge < -0.3 is 5.32 Å². The first-order chi connectivity index (χ1) is 8.29. The first-order valence-electron chi connectivity index (χ1n) is 5.02. The number of aryl methyl sites for hydroxylation is 1. The molecule has 0 unspecified atom stereocenters. The van der Waals surface area contributed by atoms with Crippen LogP contribution in [-0.4, -0.2) is 19.9 Å². The normalized spacial score (nSPS) is 9.65. The SMILES string of the molecule is Cc1cnc(CNc2nccnc2C#N)cn1. The van der Waals surface area contributed by atoms with Gasteiger partial charge in [0.2, 0.25) is 0 Å². The van der Waals surface area contributed by atoms with Gasteiger partial charge in [0, 0.05) is 18.6 Å². The van der Waals surface area contributed by atoms with Crippen LogP contribution < -0.4 is 5.32 Å². The van der Waals surface area contributed by atoms with E-state index in [4.69, 9.17) is 5.26 Å². The summed E-state index contributed by atoms with van der Waals surface area (Å²) in [5.74, 6) is 0.456. The van der Waals surface area contributed by atoms with Gasteiger partial charge in [-0.1, -0.05) is 0 Å². The van der Waals surface area contributed by atoms with Crippen molar-refractivity contribution in [1.29, 1.82) is 5.26 Å². The van der Waals surface area contributed by atoms with Crippen molar-refractivity contribution < 1.29 is 0 Å². The molecule has 2 rings (SSSR count). The summed E-state index contributed by atoms with van der Waals surface area (Å²) in [6.45, 7) is 2.33. The zero-order chi connectivity index (χ0) is 12.1. The lowest BCUT2D eigenvalue weighted by Crippen LogP contribution is -2.06. The van der Waals surface area contributed by atoms with Gasteiger partial charge in [-0.2, -0.15) is 5.26 Å². The van der Waals surface area contributed by atoms with Gasteiger partial charge in [0.1, 0.15) is 6.07 Å². The molecule has 0 aliphatic carbocycles. The second kappa shape index (κ2) is 4.99. The van der Waals surface area contributed by atoms with Crippen molar-refractivity contribution >= 4 is 5.82 Å². The van der Waals surface area contributed by atoms with Crippen molar-refractivity contribution in [2.45, 2.75) is 13.5 Å². The number of anilines is 1. The summed E-state index contributed by atoms with van der Waals surface area (Å²) in [6.07, 6.45) is 6.39. The maximum atomic E-state index is 8.83. The Morgan fingerprint density at radius 2 is 2.00 bits per heavy atom. The summed E-state index contributed by atoms with van der Waals surface area (Å²) < 4.78 is 0. The zero-order valence-corrected chi connectivity index (χ0v) is 9.25. The Labute approximate surface area is 98.4 Å². The Kier molecular flexibility index (Phi) is 3.21. The van der Waals surface area contributed by atoms with Gasteiger partial charge in [-0.25, -0.2) is 9.97 Å². The van der Waals surface area contributed by atoms with E-state index in [1.54, 1.807) is 12.4 Å². The van der Waals surface area contributed by atoms with E-state index in [1.165, 1.54) is 12.4 Å². The lowest BCUT2D eigenvalue weighted by Gasteiger charge is -2.05. The molecule has 1 N–H and O–H groups in total. The van der Waals surface area contributed by atoms with Gasteiger partial charge in [-0.15, -0.1) is 0 Å². The highest BCUT2D eigenvalue weighted by Gasteiger charge is 2.03. The second-order valence-corrected chi connectivity index (χ2v) is 3.37. The number of nitriles is 1. The molecule has 0 aliphatic rings. The molecule has 0 amide bonds. The molecule has 0 spiro atoms. The van der Waals surface area contributed by atoms with E-state index in [2.05, 4.69) is 25.3 Å². The minimum Gasteiger partial charge on any atom is -0.362 e. The van der Waals surface area contributed by atoms with E-state index < -0.39 is 0 Å². The molecule has 0 atom stereocenters. The standard InChI is InChI=1S/C11H10N6/c1-8-5-16-9(6-15-8)7-17-11-10(4-12)13-2-3-14-11/h2-3,5-6H,7H2,1H3,(H,14,17). The van der Waals surface area contributed by atoms with Crippen LogP contribution in [0, 0.1) is 18.3 Å². The summed E-state index contributed by atoms with van der Waals surface area (Å²) in [5.41, 5.74) is 1.92. The summed E-state index contributed by atoms with van der Waals surface area (Å²) in [7, 11) is 0. The van der Waals surface area contributed by atoms with E-state index in [0.717, 1.165) is 11.4 Å². The monoisotopic (exact) mass is 226 g/mol. The number of hydrogen-bond donors (Lipinski definition) is 1. The molecule has 0 saturated heterocycles. The molecule has 2 heterocycles. The lowest BCUT2D eigenvalue weighted by molar-refractivity contribution is 0.970. The highest BCUT2D eigenvalue weighted by atomic mass is 15.0. The molecular weight excluding hydrogens is 216 g/mol. The van der Waals surface area contributed by atoms with Crippen molar-refractivity contribution in [3.05, 3.63) is 41.9 Å². The summed E-state index contributed by atoms with van der Waals surface area (Å²) in [6, 6.07) is 1.97. The van der Waals surface area contributed by atoms with Crippen LogP contribution in [0.2, 0.25) is 0 Å². The Balaban J connectivity index is 2.08. The van der Waals surface area contributed by atoms with Crippen molar-refractivity contribution in [3.63, 3.8) is 0 Å². The third-order valence-corrected chi connectivity index (χ3v) is 2.08. The molecule has 0 aromatic carbocycles. The van der Waals surface area contributed by atoms with Gasteiger partial charge in [-0.05, 0) is 6.92 Å². The summed E-state index contributed by atoms with van der Waals surface area (Å²) >= 11 is 0. The fourth-order valence-corrected chi connectivity index (χ4v) is 1.23. The van der Waals surface area contributed by atoms with E-state index in [-0.39, 0.29) is 5.69 Å². The molecule has 0 radical (unpaired) electrons. The zero-order valence-electron chi connectivity index (χ0n) is 9.25. The lowest BCUT2D eigenvalue weighted by atomic mass is 10.4. The summed E-state index contributed by atoms with van der Waals surface area (Å²) in [4.78, 5) is 16.3. The topological polar surface area (TPSA) is 87.4 Å². The molecule has 17 heavy (non-hydrogen) atoms. The van der Waals surface area contributed by atoms with Crippen LogP contribution >= 0.6 is 0 Å². The number of hydrogen-bond acceptors (Lipinski definition) is 6. The predicted molar refractivity (Wildman–Crippen MR) is 60.8 cm³/mol. The molecule has 6 nitrogen and oxygen atoms in total. The number of nitrogens with one attached hydrogen (secondary N) is 1. The average molecular weight is 226 g/mol. The van der Waals surface area contributed by atoms with Crippen LogP contribution in [0.5, 0.6) is 0 Å². The molecule has 0 saturated carbocycles. The van der Waals surface area contributed by atoms with Crippen LogP contribution in [0.15, 0.2) is 24.8 Å². The fourth-order valence-electron chi connectivity index (χ4n) is 1.23. The van der Waals surface area contributed by atoms with Crippen LogP contribution in [0.25, 0.3) is 0 Å². The van der Waals surface area contributed by atoms with Crippen molar-refractivity contribution in [2.75, 3.05) is 5.32 Å². The first-order valence-corrected chi connectivity index (χ1v) is 5.02. The largest absolute Gasteiger partial charge is 0.362 e. The highest BCUT2D eigenvalue weighted by Crippen LogP contribution is 2.07. The van der Waals surface area contributed by atoms with Crippen LogP contribution in [0.3, 0.4) is 0 Å². The molecule has 2 aromatic rings. The van der Waals surface area contributed by atoms with Gasteiger partial charge in [0.05, 0.1) is 24.1 Å². The van der Waals surface area contributed by atoms with Crippen molar-refractivity contribution in [1.82, 2.24) is 19.9 Å². The Morgan fingerprint density at radius 3 is 2.71 bits per heavy atom. The fraction of sp³-hybridized carbons (Fsp3) is 0.182. The Morgan fingerprint density at radius 1 is 1.18 bits per heavy atom. The molecule has 6 heteroatoms. The third kappa shape index (κ3) is 2.72. The smallest absolute Gasteiger partial charge is 0.182 e. The van der Waals surface area contributed by atoms with Crippen LogP contribution in [-0.2, 0) is 6.54 Å². The third-order valence-electron chi connectivity index (χ3n) is 2.08. The summed E-state index contributed by atoms with van der Waals surface area (Å²) in [5, 5.41) is 11.8. The molecule has 2 aromatic heterocycles. The van der Waals surface area contributed by atoms with E-state index in [0.29, 0.717) is 12.4 Å². The number of nitrogens with zero attached hydrogens (tertiary/aromatic N) is 5. The maximum absolute atomic E-state index is 8.83. The van der Waals surface area contributed by atoms with E-state index in [9.17, 15) is 0 Å². The van der Waals surface area contributed by atoms with Crippen LogP contribution in [0.4, 0.5) is 5.82 Å². The molecule has 0 bridgehead atoms. The molecular formula is C11H10N6. The van der Waals surface area contributed by atoms with Gasteiger partial charge in [0.15, 0.2) is 11.5 Å². The minimum atomic E-state index is 0.271. The molecule has 0 fully saturated rings.